The number of hydrogen-bond acceptors (Lipinski definition) is 4. The molecule has 1 aliphatic carbocycles. The molecule has 2 N–H and O–H groups in total. The summed E-state index contributed by atoms with van der Waals surface area (Å²) in [6.45, 7) is 0.373. The van der Waals surface area contributed by atoms with Crippen molar-refractivity contribution in [2.45, 2.75) is 57.4 Å². The molecule has 1 aliphatic rings. The lowest BCUT2D eigenvalue weighted by atomic mass is 9.95. The van der Waals surface area contributed by atoms with E-state index in [-0.39, 0.29) is 18.2 Å². The molecule has 27 heavy (non-hydrogen) atoms. The van der Waals surface area contributed by atoms with E-state index in [0.29, 0.717) is 19.0 Å². The van der Waals surface area contributed by atoms with Crippen LogP contribution >= 0.6 is 11.3 Å². The normalized spacial score (nSPS) is 14.7. The van der Waals surface area contributed by atoms with Crippen LogP contribution in [0.5, 0.6) is 0 Å². The van der Waals surface area contributed by atoms with Crippen molar-refractivity contribution in [3.63, 3.8) is 0 Å². The molecule has 2 aromatic rings. The van der Waals surface area contributed by atoms with Gasteiger partial charge in [0.25, 0.3) is 0 Å². The number of thiazole rings is 1. The third-order valence-electron chi connectivity index (χ3n) is 4.78. The molecule has 5 nitrogen and oxygen atoms in total. The van der Waals surface area contributed by atoms with Gasteiger partial charge in [-0.1, -0.05) is 49.6 Å². The van der Waals surface area contributed by atoms with Crippen LogP contribution in [-0.2, 0) is 22.4 Å². The van der Waals surface area contributed by atoms with E-state index < -0.39 is 0 Å². The van der Waals surface area contributed by atoms with Gasteiger partial charge >= 0.3 is 0 Å². The van der Waals surface area contributed by atoms with Crippen molar-refractivity contribution in [3.8, 4) is 0 Å². The minimum Gasteiger partial charge on any atom is -0.355 e. The van der Waals surface area contributed by atoms with Gasteiger partial charge in [0.15, 0.2) is 0 Å². The Bertz CT molecular complexity index is 739. The lowest BCUT2D eigenvalue weighted by molar-refractivity contribution is -0.122. The molecule has 0 bridgehead atoms. The van der Waals surface area contributed by atoms with Crippen LogP contribution in [0.2, 0.25) is 0 Å². The van der Waals surface area contributed by atoms with Gasteiger partial charge < -0.3 is 10.6 Å². The molecular formula is C21H27N3O2S. The number of nitrogens with zero attached hydrogens (tertiary/aromatic N) is 1. The van der Waals surface area contributed by atoms with E-state index in [1.165, 1.54) is 24.8 Å². The van der Waals surface area contributed by atoms with Gasteiger partial charge in [0.05, 0.1) is 17.1 Å². The van der Waals surface area contributed by atoms with Crippen LogP contribution < -0.4 is 10.6 Å². The molecular weight excluding hydrogens is 358 g/mol. The van der Waals surface area contributed by atoms with E-state index in [2.05, 4.69) is 27.8 Å². The predicted molar refractivity (Wildman–Crippen MR) is 108 cm³/mol. The first-order valence-electron chi connectivity index (χ1n) is 9.72. The Morgan fingerprint density at radius 3 is 2.63 bits per heavy atom. The van der Waals surface area contributed by atoms with Crippen molar-refractivity contribution in [1.82, 2.24) is 15.6 Å². The SMILES string of the molecule is O=C(Cc1csc(Cc2ccccc2)n1)NCCC(=O)NC1CCCCC1. The highest BCUT2D eigenvalue weighted by molar-refractivity contribution is 7.09. The van der Waals surface area contributed by atoms with Crippen molar-refractivity contribution in [3.05, 3.63) is 52.0 Å². The summed E-state index contributed by atoms with van der Waals surface area (Å²) in [5.41, 5.74) is 2.00. The summed E-state index contributed by atoms with van der Waals surface area (Å²) in [7, 11) is 0. The van der Waals surface area contributed by atoms with E-state index in [1.54, 1.807) is 11.3 Å². The van der Waals surface area contributed by atoms with Gasteiger partial charge in [0.1, 0.15) is 0 Å². The van der Waals surface area contributed by atoms with E-state index in [4.69, 9.17) is 0 Å². The molecule has 1 heterocycles. The molecule has 0 radical (unpaired) electrons. The van der Waals surface area contributed by atoms with Crippen LogP contribution in [-0.4, -0.2) is 29.4 Å². The van der Waals surface area contributed by atoms with Crippen LogP contribution in [0, 0.1) is 0 Å². The number of rotatable bonds is 8. The highest BCUT2D eigenvalue weighted by Gasteiger charge is 2.15. The second kappa shape index (κ2) is 10.2. The zero-order chi connectivity index (χ0) is 18.9. The van der Waals surface area contributed by atoms with Crippen molar-refractivity contribution < 1.29 is 9.59 Å². The lowest BCUT2D eigenvalue weighted by Gasteiger charge is -2.22. The molecule has 0 spiro atoms. The Kier molecular flexibility index (Phi) is 7.39. The van der Waals surface area contributed by atoms with E-state index in [1.807, 2.05) is 23.6 Å². The van der Waals surface area contributed by atoms with E-state index in [9.17, 15) is 9.59 Å². The number of carbonyl (C=O) groups excluding carboxylic acids is 2. The summed E-state index contributed by atoms with van der Waals surface area (Å²) in [6, 6.07) is 10.5. The molecule has 1 aromatic carbocycles. The maximum absolute atomic E-state index is 12.1. The molecule has 3 rings (SSSR count). The Morgan fingerprint density at radius 2 is 1.85 bits per heavy atom. The van der Waals surface area contributed by atoms with Crippen molar-refractivity contribution in [2.24, 2.45) is 0 Å². The summed E-state index contributed by atoms with van der Waals surface area (Å²) < 4.78 is 0. The van der Waals surface area contributed by atoms with Gasteiger partial charge in [-0.05, 0) is 18.4 Å². The molecule has 0 saturated heterocycles. The predicted octanol–water partition coefficient (Wildman–Crippen LogP) is 3.23. The van der Waals surface area contributed by atoms with Gasteiger partial charge in [0.2, 0.25) is 11.8 Å². The second-order valence-electron chi connectivity index (χ2n) is 7.07. The average Bonchev–Trinajstić information content (AvgIpc) is 3.10. The molecule has 0 unspecified atom stereocenters. The minimum atomic E-state index is -0.0861. The van der Waals surface area contributed by atoms with Gasteiger partial charge in [-0.25, -0.2) is 4.98 Å². The lowest BCUT2D eigenvalue weighted by Crippen LogP contribution is -2.38. The van der Waals surface area contributed by atoms with Crippen molar-refractivity contribution in [1.29, 1.82) is 0 Å². The van der Waals surface area contributed by atoms with Crippen LogP contribution in [0.25, 0.3) is 0 Å². The average molecular weight is 386 g/mol. The smallest absolute Gasteiger partial charge is 0.226 e. The summed E-state index contributed by atoms with van der Waals surface area (Å²) in [6.07, 6.45) is 7.19. The van der Waals surface area contributed by atoms with Crippen LogP contribution in [0.15, 0.2) is 35.7 Å². The molecule has 6 heteroatoms. The number of amides is 2. The Hall–Kier alpha value is -2.21. The van der Waals surface area contributed by atoms with Crippen molar-refractivity contribution >= 4 is 23.2 Å². The number of carbonyl (C=O) groups is 2. The molecule has 144 valence electrons. The maximum Gasteiger partial charge on any atom is 0.226 e. The maximum atomic E-state index is 12.1. The molecule has 0 aliphatic heterocycles. The van der Waals surface area contributed by atoms with E-state index >= 15 is 0 Å². The fraction of sp³-hybridized carbons (Fsp3) is 0.476. The largest absolute Gasteiger partial charge is 0.355 e. The third kappa shape index (κ3) is 6.79. The molecule has 1 aromatic heterocycles. The fourth-order valence-electron chi connectivity index (χ4n) is 3.37. The topological polar surface area (TPSA) is 71.1 Å². The van der Waals surface area contributed by atoms with Crippen molar-refractivity contribution in [2.75, 3.05) is 6.54 Å². The minimum absolute atomic E-state index is 0.0287. The molecule has 2 amide bonds. The van der Waals surface area contributed by atoms with Gasteiger partial charge in [-0.3, -0.25) is 9.59 Å². The van der Waals surface area contributed by atoms with Crippen LogP contribution in [0.3, 0.4) is 0 Å². The highest BCUT2D eigenvalue weighted by atomic mass is 32.1. The summed E-state index contributed by atoms with van der Waals surface area (Å²) >= 11 is 1.58. The summed E-state index contributed by atoms with van der Waals surface area (Å²) in [4.78, 5) is 28.6. The Balaban J connectivity index is 1.35. The highest BCUT2D eigenvalue weighted by Crippen LogP contribution is 2.17. The molecule has 1 saturated carbocycles. The fourth-order valence-corrected chi connectivity index (χ4v) is 4.20. The number of hydrogen-bond donors (Lipinski definition) is 2. The summed E-state index contributed by atoms with van der Waals surface area (Å²) in [5, 5.41) is 8.84. The zero-order valence-electron chi connectivity index (χ0n) is 15.6. The Morgan fingerprint density at radius 1 is 1.07 bits per heavy atom. The quantitative estimate of drug-likeness (QED) is 0.733. The number of benzene rings is 1. The monoisotopic (exact) mass is 385 g/mol. The molecule has 0 atom stereocenters. The zero-order valence-corrected chi connectivity index (χ0v) is 16.4. The van der Waals surface area contributed by atoms with Gasteiger partial charge in [-0.15, -0.1) is 11.3 Å². The third-order valence-corrected chi connectivity index (χ3v) is 5.68. The molecule has 1 fully saturated rings. The van der Waals surface area contributed by atoms with E-state index in [0.717, 1.165) is 30.0 Å². The first-order valence-corrected chi connectivity index (χ1v) is 10.6. The first-order chi connectivity index (χ1) is 13.2. The van der Waals surface area contributed by atoms with Gasteiger partial charge in [-0.2, -0.15) is 0 Å². The standard InChI is InChI=1S/C21H27N3O2S/c25-19(23-17-9-5-2-6-10-17)11-12-22-20(26)14-18-15-27-21(24-18)13-16-7-3-1-4-8-16/h1,3-4,7-8,15,17H,2,5-6,9-14H2,(H,22,26)(H,23,25). The second-order valence-corrected chi connectivity index (χ2v) is 8.02. The Labute approximate surface area is 164 Å². The first kappa shape index (κ1) is 19.5. The number of aromatic nitrogens is 1. The van der Waals surface area contributed by atoms with Crippen LogP contribution in [0.4, 0.5) is 0 Å². The van der Waals surface area contributed by atoms with Gasteiger partial charge in [0, 0.05) is 30.8 Å². The number of nitrogens with one attached hydrogen (secondary N) is 2. The van der Waals surface area contributed by atoms with Crippen LogP contribution in [0.1, 0.15) is 54.8 Å². The summed E-state index contributed by atoms with van der Waals surface area (Å²) in [5.74, 6) is -0.0574.